The molecule has 0 heterocycles. The topological polar surface area (TPSA) is 18.5 Å². The van der Waals surface area contributed by atoms with Crippen molar-refractivity contribution in [2.75, 3.05) is 19.8 Å². The molecular weight excluding hydrogens is 440 g/mol. The van der Waals surface area contributed by atoms with E-state index in [0.29, 0.717) is 5.04 Å². The molecule has 4 heteroatoms. The van der Waals surface area contributed by atoms with E-state index in [1.807, 2.05) is 0 Å². The summed E-state index contributed by atoms with van der Waals surface area (Å²) in [6, 6.07) is 4.60. The molecule has 1 aliphatic carbocycles. The summed E-state index contributed by atoms with van der Waals surface area (Å²) in [5.41, 5.74) is 3.38. The van der Waals surface area contributed by atoms with Crippen LogP contribution in [0.1, 0.15) is 84.8 Å². The van der Waals surface area contributed by atoms with Crippen LogP contribution in [-0.4, -0.2) is 28.6 Å². The average Bonchev–Trinajstić information content (AvgIpc) is 2.62. The lowest BCUT2D eigenvalue weighted by atomic mass is 9.63. The maximum absolute atomic E-state index is 6.17. The Balaban J connectivity index is 1.81. The zero-order valence-electron chi connectivity index (χ0n) is 20.1. The standard InChI is InChI=1S/C25H43BrO2Si/c1-23(2)12-13-24(3,4)20-17-22(21(26)16-19(20)23)28-15-11-9-10-14-27-18-25(5,6)29(7)8/h16-17,29H,9-15,18H2,1-8H3. The summed E-state index contributed by atoms with van der Waals surface area (Å²) in [6.45, 7) is 21.5. The molecule has 0 spiro atoms. The fourth-order valence-electron chi connectivity index (χ4n) is 3.85. The van der Waals surface area contributed by atoms with Crippen LogP contribution >= 0.6 is 15.9 Å². The Morgan fingerprint density at radius 1 is 0.931 bits per heavy atom. The van der Waals surface area contributed by atoms with Gasteiger partial charge in [-0.1, -0.05) is 54.6 Å². The molecule has 0 radical (unpaired) electrons. The van der Waals surface area contributed by atoms with Crippen molar-refractivity contribution < 1.29 is 9.47 Å². The van der Waals surface area contributed by atoms with Gasteiger partial charge in [0.25, 0.3) is 0 Å². The molecule has 0 fully saturated rings. The van der Waals surface area contributed by atoms with Crippen LogP contribution in [-0.2, 0) is 15.6 Å². The number of halogens is 1. The number of ether oxygens (including phenoxy) is 2. The van der Waals surface area contributed by atoms with Crippen molar-refractivity contribution in [3.8, 4) is 5.75 Å². The van der Waals surface area contributed by atoms with Crippen molar-refractivity contribution >= 4 is 24.7 Å². The Morgan fingerprint density at radius 3 is 2.07 bits per heavy atom. The van der Waals surface area contributed by atoms with E-state index in [2.05, 4.69) is 82.7 Å². The summed E-state index contributed by atoms with van der Waals surface area (Å²) in [4.78, 5) is 0. The van der Waals surface area contributed by atoms with Crippen molar-refractivity contribution in [3.63, 3.8) is 0 Å². The lowest BCUT2D eigenvalue weighted by Gasteiger charge is -2.42. The second-order valence-electron chi connectivity index (χ2n) is 11.2. The summed E-state index contributed by atoms with van der Waals surface area (Å²) < 4.78 is 13.2. The molecule has 0 N–H and O–H groups in total. The van der Waals surface area contributed by atoms with Crippen LogP contribution in [0.2, 0.25) is 18.1 Å². The van der Waals surface area contributed by atoms with Crippen LogP contribution in [0.4, 0.5) is 0 Å². The van der Waals surface area contributed by atoms with Crippen molar-refractivity contribution in [2.45, 2.75) is 103 Å². The minimum absolute atomic E-state index is 0.216. The van der Waals surface area contributed by atoms with Gasteiger partial charge in [-0.05, 0) is 87.2 Å². The molecule has 0 amide bonds. The Bertz CT molecular complexity index is 680. The first-order valence-electron chi connectivity index (χ1n) is 11.4. The summed E-state index contributed by atoms with van der Waals surface area (Å²) in [6.07, 6.45) is 5.80. The highest BCUT2D eigenvalue weighted by Crippen LogP contribution is 2.48. The molecular formula is C25H43BrO2Si. The SMILES string of the molecule is C[SiH](C)C(C)(C)COCCCCCOc1cc2c(cc1Br)C(C)(C)CCC2(C)C. The van der Waals surface area contributed by atoms with Gasteiger partial charge in [-0.3, -0.25) is 0 Å². The summed E-state index contributed by atoms with van der Waals surface area (Å²) >= 11 is 3.76. The third-order valence-electron chi connectivity index (χ3n) is 7.13. The molecule has 0 saturated carbocycles. The summed E-state index contributed by atoms with van der Waals surface area (Å²) in [7, 11) is -0.666. The van der Waals surface area contributed by atoms with Crippen molar-refractivity contribution in [3.05, 3.63) is 27.7 Å². The van der Waals surface area contributed by atoms with Gasteiger partial charge in [-0.15, -0.1) is 0 Å². The molecule has 1 aromatic rings. The van der Waals surface area contributed by atoms with E-state index in [4.69, 9.17) is 9.47 Å². The molecule has 0 saturated heterocycles. The van der Waals surface area contributed by atoms with Gasteiger partial charge < -0.3 is 9.47 Å². The van der Waals surface area contributed by atoms with Gasteiger partial charge in [-0.2, -0.15) is 0 Å². The molecule has 0 atom stereocenters. The van der Waals surface area contributed by atoms with E-state index in [-0.39, 0.29) is 10.8 Å². The van der Waals surface area contributed by atoms with Crippen LogP contribution < -0.4 is 4.74 Å². The third kappa shape index (κ3) is 6.58. The van der Waals surface area contributed by atoms with Crippen molar-refractivity contribution in [2.24, 2.45) is 0 Å². The Labute approximate surface area is 189 Å². The Hall–Kier alpha value is -0.323. The number of hydrogen-bond acceptors (Lipinski definition) is 2. The van der Waals surface area contributed by atoms with Crippen LogP contribution in [0, 0.1) is 0 Å². The van der Waals surface area contributed by atoms with Crippen LogP contribution in [0.25, 0.3) is 0 Å². The molecule has 166 valence electrons. The van der Waals surface area contributed by atoms with E-state index < -0.39 is 8.80 Å². The minimum atomic E-state index is -0.666. The Morgan fingerprint density at radius 2 is 1.48 bits per heavy atom. The number of rotatable bonds is 10. The highest BCUT2D eigenvalue weighted by molar-refractivity contribution is 9.10. The van der Waals surface area contributed by atoms with Gasteiger partial charge in [0.15, 0.2) is 0 Å². The monoisotopic (exact) mass is 482 g/mol. The van der Waals surface area contributed by atoms with Gasteiger partial charge >= 0.3 is 0 Å². The largest absolute Gasteiger partial charge is 0.492 e. The second-order valence-corrected chi connectivity index (χ2v) is 15.9. The summed E-state index contributed by atoms with van der Waals surface area (Å²) in [5.74, 6) is 0.995. The minimum Gasteiger partial charge on any atom is -0.492 e. The van der Waals surface area contributed by atoms with E-state index in [1.54, 1.807) is 0 Å². The van der Waals surface area contributed by atoms with Gasteiger partial charge in [0.2, 0.25) is 0 Å². The predicted octanol–water partition coefficient (Wildman–Crippen LogP) is 7.63. The maximum Gasteiger partial charge on any atom is 0.133 e. The predicted molar refractivity (Wildman–Crippen MR) is 133 cm³/mol. The van der Waals surface area contributed by atoms with Crippen LogP contribution in [0.5, 0.6) is 5.75 Å². The van der Waals surface area contributed by atoms with E-state index in [9.17, 15) is 0 Å². The lowest BCUT2D eigenvalue weighted by Crippen LogP contribution is -2.33. The number of fused-ring (bicyclic) bond motifs is 1. The molecule has 2 nitrogen and oxygen atoms in total. The van der Waals surface area contributed by atoms with E-state index in [0.717, 1.165) is 49.3 Å². The van der Waals surface area contributed by atoms with Gasteiger partial charge in [-0.25, -0.2) is 0 Å². The van der Waals surface area contributed by atoms with Gasteiger partial charge in [0.1, 0.15) is 5.75 Å². The fraction of sp³-hybridized carbons (Fsp3) is 0.760. The smallest absolute Gasteiger partial charge is 0.133 e. The first-order valence-corrected chi connectivity index (χ1v) is 15.1. The number of benzene rings is 1. The maximum atomic E-state index is 6.17. The van der Waals surface area contributed by atoms with Crippen molar-refractivity contribution in [1.82, 2.24) is 0 Å². The normalized spacial score (nSPS) is 18.0. The molecule has 1 aliphatic rings. The quantitative estimate of drug-likeness (QED) is 0.252. The lowest BCUT2D eigenvalue weighted by molar-refractivity contribution is 0.109. The fourth-order valence-corrected chi connectivity index (χ4v) is 4.75. The molecule has 0 bridgehead atoms. The first-order chi connectivity index (χ1) is 13.4. The molecule has 1 aromatic carbocycles. The van der Waals surface area contributed by atoms with Crippen LogP contribution in [0.15, 0.2) is 16.6 Å². The third-order valence-corrected chi connectivity index (χ3v) is 11.0. The highest BCUT2D eigenvalue weighted by Gasteiger charge is 2.37. The zero-order valence-corrected chi connectivity index (χ0v) is 22.8. The summed E-state index contributed by atoms with van der Waals surface area (Å²) in [5, 5.41) is 0.393. The molecule has 0 aromatic heterocycles. The van der Waals surface area contributed by atoms with Gasteiger partial charge in [0, 0.05) is 22.0 Å². The Kier molecular flexibility index (Phi) is 8.49. The highest BCUT2D eigenvalue weighted by atomic mass is 79.9. The molecule has 0 unspecified atom stereocenters. The molecule has 29 heavy (non-hydrogen) atoms. The number of unbranched alkanes of at least 4 members (excludes halogenated alkanes) is 2. The number of hydrogen-bond donors (Lipinski definition) is 0. The molecule has 0 aliphatic heterocycles. The van der Waals surface area contributed by atoms with E-state index >= 15 is 0 Å². The van der Waals surface area contributed by atoms with Crippen molar-refractivity contribution in [1.29, 1.82) is 0 Å². The van der Waals surface area contributed by atoms with E-state index in [1.165, 1.54) is 24.0 Å². The van der Waals surface area contributed by atoms with Gasteiger partial charge in [0.05, 0.1) is 11.1 Å². The van der Waals surface area contributed by atoms with Crippen LogP contribution in [0.3, 0.4) is 0 Å². The average molecular weight is 484 g/mol. The first kappa shape index (κ1) is 24.9. The second kappa shape index (κ2) is 9.87. The molecule has 2 rings (SSSR count). The zero-order chi connectivity index (χ0) is 21.9.